The minimum Gasteiger partial charge on any atom is -0.507 e. The van der Waals surface area contributed by atoms with Crippen molar-refractivity contribution >= 4 is 23.4 Å². The van der Waals surface area contributed by atoms with Crippen molar-refractivity contribution in [2.24, 2.45) is 5.92 Å². The molecule has 1 atom stereocenters. The Morgan fingerprint density at radius 3 is 2.37 bits per heavy atom. The van der Waals surface area contributed by atoms with Gasteiger partial charge in [-0.3, -0.25) is 14.4 Å². The average Bonchev–Trinajstić information content (AvgIpc) is 3.06. The summed E-state index contributed by atoms with van der Waals surface area (Å²) in [5.74, 6) is -0.588. The Kier molecular flexibility index (Phi) is 8.33. The summed E-state index contributed by atoms with van der Waals surface area (Å²) in [5, 5.41) is 11.3. The van der Waals surface area contributed by atoms with Crippen LogP contribution in [0.5, 0.6) is 11.5 Å². The number of carbonyl (C=O) groups excluding carboxylic acids is 3. The fourth-order valence-electron chi connectivity index (χ4n) is 4.04. The van der Waals surface area contributed by atoms with Gasteiger partial charge in [0.25, 0.3) is 11.7 Å². The number of aryl methyl sites for hydroxylation is 1. The van der Waals surface area contributed by atoms with Crippen LogP contribution in [0.15, 0.2) is 48.0 Å². The van der Waals surface area contributed by atoms with Crippen molar-refractivity contribution in [2.45, 2.75) is 53.5 Å². The third kappa shape index (κ3) is 5.91. The van der Waals surface area contributed by atoms with Gasteiger partial charge in [0.15, 0.2) is 0 Å². The monoisotopic (exact) mass is 479 g/mol. The van der Waals surface area contributed by atoms with Gasteiger partial charge in [0.2, 0.25) is 0 Å². The molecule has 2 aromatic carbocycles. The molecule has 7 heteroatoms. The maximum Gasteiger partial charge on any atom is 0.308 e. The molecule has 0 aliphatic carbocycles. The van der Waals surface area contributed by atoms with E-state index < -0.39 is 23.7 Å². The van der Waals surface area contributed by atoms with E-state index in [2.05, 4.69) is 13.8 Å². The number of aliphatic hydroxyl groups is 1. The Morgan fingerprint density at radius 1 is 1.11 bits per heavy atom. The Bertz CT molecular complexity index is 1130. The number of likely N-dealkylation sites (tertiary alicyclic amines) is 1. The third-order valence-electron chi connectivity index (χ3n) is 5.77. The lowest BCUT2D eigenvalue weighted by molar-refractivity contribution is -0.139. The van der Waals surface area contributed by atoms with Gasteiger partial charge in [-0.25, -0.2) is 0 Å². The van der Waals surface area contributed by atoms with Crippen LogP contribution in [0, 0.1) is 12.8 Å². The van der Waals surface area contributed by atoms with Crippen LogP contribution in [0.1, 0.15) is 63.3 Å². The van der Waals surface area contributed by atoms with Gasteiger partial charge in [0.1, 0.15) is 17.3 Å². The molecular formula is C28H33NO6. The van der Waals surface area contributed by atoms with Crippen LogP contribution in [0.2, 0.25) is 0 Å². The number of ether oxygens (including phenoxy) is 2. The summed E-state index contributed by atoms with van der Waals surface area (Å²) < 4.78 is 10.9. The molecule has 1 amide bonds. The van der Waals surface area contributed by atoms with Gasteiger partial charge < -0.3 is 19.5 Å². The molecule has 0 bridgehead atoms. The highest BCUT2D eigenvalue weighted by Gasteiger charge is 2.45. The van der Waals surface area contributed by atoms with Crippen molar-refractivity contribution in [3.63, 3.8) is 0 Å². The van der Waals surface area contributed by atoms with Crippen LogP contribution < -0.4 is 9.47 Å². The van der Waals surface area contributed by atoms with Gasteiger partial charge in [-0.15, -0.1) is 0 Å². The number of hydrogen-bond donors (Lipinski definition) is 1. The molecule has 1 saturated heterocycles. The molecule has 1 fully saturated rings. The highest BCUT2D eigenvalue weighted by Crippen LogP contribution is 2.40. The molecule has 0 aromatic heterocycles. The Balaban J connectivity index is 2.05. The number of aliphatic hydroxyl groups excluding tert-OH is 1. The molecule has 7 nitrogen and oxygen atoms in total. The van der Waals surface area contributed by atoms with E-state index in [0.29, 0.717) is 41.7 Å². The van der Waals surface area contributed by atoms with Gasteiger partial charge in [-0.2, -0.15) is 0 Å². The fraction of sp³-hybridized carbons (Fsp3) is 0.393. The molecule has 0 saturated carbocycles. The first kappa shape index (κ1) is 26.0. The number of Topliss-reactive ketones (excluding diaryl/α,β-unsaturated/α-hetero) is 1. The molecule has 0 radical (unpaired) electrons. The van der Waals surface area contributed by atoms with Crippen molar-refractivity contribution in [3.05, 3.63) is 64.7 Å². The number of hydrogen-bond acceptors (Lipinski definition) is 6. The second-order valence-electron chi connectivity index (χ2n) is 9.19. The standard InChI is InChI=1S/C28H33NO6/c1-6-7-14-29-25(20-8-11-22(12-9-20)35-19(5)30)24(27(32)28(29)33)26(31)21-10-13-23(18(4)15-21)34-16-17(2)3/h8-13,15,17,25,31H,6-7,14,16H2,1-5H3/b26-24-. The lowest BCUT2D eigenvalue weighted by Crippen LogP contribution is -2.30. The summed E-state index contributed by atoms with van der Waals surface area (Å²) in [6.07, 6.45) is 1.56. The van der Waals surface area contributed by atoms with Gasteiger partial charge in [-0.1, -0.05) is 39.3 Å². The van der Waals surface area contributed by atoms with Crippen LogP contribution in [0.25, 0.3) is 5.76 Å². The molecule has 3 rings (SSSR count). The number of rotatable bonds is 9. The van der Waals surface area contributed by atoms with Crippen molar-refractivity contribution in [3.8, 4) is 11.5 Å². The Morgan fingerprint density at radius 2 is 1.80 bits per heavy atom. The van der Waals surface area contributed by atoms with Crippen LogP contribution >= 0.6 is 0 Å². The number of amides is 1. The first-order chi connectivity index (χ1) is 16.6. The minimum atomic E-state index is -0.745. The first-order valence-corrected chi connectivity index (χ1v) is 11.9. The van der Waals surface area contributed by atoms with E-state index in [1.54, 1.807) is 42.5 Å². The number of nitrogens with zero attached hydrogens (tertiary/aromatic N) is 1. The van der Waals surface area contributed by atoms with Crippen LogP contribution in [-0.2, 0) is 14.4 Å². The van der Waals surface area contributed by atoms with Crippen molar-refractivity contribution in [1.29, 1.82) is 0 Å². The van der Waals surface area contributed by atoms with E-state index in [4.69, 9.17) is 9.47 Å². The molecular weight excluding hydrogens is 446 g/mol. The molecule has 1 N–H and O–H groups in total. The molecule has 35 heavy (non-hydrogen) atoms. The fourth-order valence-corrected chi connectivity index (χ4v) is 4.04. The van der Waals surface area contributed by atoms with Crippen molar-refractivity contribution in [2.75, 3.05) is 13.2 Å². The number of unbranched alkanes of at least 4 members (excludes halogenated alkanes) is 1. The van der Waals surface area contributed by atoms with Gasteiger partial charge >= 0.3 is 5.97 Å². The van der Waals surface area contributed by atoms with Gasteiger partial charge in [0.05, 0.1) is 18.2 Å². The van der Waals surface area contributed by atoms with E-state index in [1.165, 1.54) is 11.8 Å². The van der Waals surface area contributed by atoms with Crippen molar-refractivity contribution in [1.82, 2.24) is 4.90 Å². The van der Waals surface area contributed by atoms with Crippen LogP contribution in [0.4, 0.5) is 0 Å². The smallest absolute Gasteiger partial charge is 0.308 e. The lowest BCUT2D eigenvalue weighted by Gasteiger charge is -2.25. The molecule has 2 aromatic rings. The van der Waals surface area contributed by atoms with Gasteiger partial charge in [-0.05, 0) is 60.7 Å². The minimum absolute atomic E-state index is 0.0431. The number of esters is 1. The molecule has 1 aliphatic rings. The largest absolute Gasteiger partial charge is 0.507 e. The predicted molar refractivity (Wildman–Crippen MR) is 133 cm³/mol. The molecule has 1 heterocycles. The summed E-state index contributed by atoms with van der Waals surface area (Å²) in [4.78, 5) is 38.9. The second-order valence-corrected chi connectivity index (χ2v) is 9.19. The molecule has 1 aliphatic heterocycles. The summed E-state index contributed by atoms with van der Waals surface area (Å²) in [6, 6.07) is 11.1. The zero-order valence-electron chi connectivity index (χ0n) is 21.0. The van der Waals surface area contributed by atoms with E-state index in [1.807, 2.05) is 13.8 Å². The van der Waals surface area contributed by atoms with Crippen LogP contribution in [-0.4, -0.2) is 40.8 Å². The Hall–Kier alpha value is -3.61. The zero-order valence-corrected chi connectivity index (χ0v) is 21.0. The van der Waals surface area contributed by atoms with Crippen molar-refractivity contribution < 1.29 is 29.0 Å². The normalized spacial score (nSPS) is 17.2. The first-order valence-electron chi connectivity index (χ1n) is 11.9. The summed E-state index contributed by atoms with van der Waals surface area (Å²) in [5.41, 5.74) is 1.94. The topological polar surface area (TPSA) is 93.1 Å². The zero-order chi connectivity index (χ0) is 25.7. The summed E-state index contributed by atoms with van der Waals surface area (Å²) in [6.45, 7) is 10.3. The maximum atomic E-state index is 13.1. The van der Waals surface area contributed by atoms with E-state index in [0.717, 1.165) is 18.4 Å². The SMILES string of the molecule is CCCCN1C(=O)C(=O)/C(=C(\O)c2ccc(OCC(C)C)c(C)c2)C1c1ccc(OC(C)=O)cc1. The predicted octanol–water partition coefficient (Wildman–Crippen LogP) is 5.18. The molecule has 0 spiro atoms. The molecule has 1 unspecified atom stereocenters. The number of benzene rings is 2. The number of ketones is 1. The Labute approximate surface area is 206 Å². The quantitative estimate of drug-likeness (QED) is 0.175. The third-order valence-corrected chi connectivity index (χ3v) is 5.77. The highest BCUT2D eigenvalue weighted by molar-refractivity contribution is 6.46. The van der Waals surface area contributed by atoms with Crippen LogP contribution in [0.3, 0.4) is 0 Å². The summed E-state index contributed by atoms with van der Waals surface area (Å²) in [7, 11) is 0. The lowest BCUT2D eigenvalue weighted by atomic mass is 9.94. The highest BCUT2D eigenvalue weighted by atomic mass is 16.5. The average molecular weight is 480 g/mol. The molecule has 186 valence electrons. The number of carbonyl (C=O) groups is 3. The van der Waals surface area contributed by atoms with E-state index >= 15 is 0 Å². The van der Waals surface area contributed by atoms with E-state index in [9.17, 15) is 19.5 Å². The second kappa shape index (κ2) is 11.2. The maximum absolute atomic E-state index is 13.1. The van der Waals surface area contributed by atoms with E-state index in [-0.39, 0.29) is 11.3 Å². The summed E-state index contributed by atoms with van der Waals surface area (Å²) >= 11 is 0. The van der Waals surface area contributed by atoms with Gasteiger partial charge in [0, 0.05) is 19.0 Å².